The van der Waals surface area contributed by atoms with Gasteiger partial charge in [0, 0.05) is 18.7 Å². The van der Waals surface area contributed by atoms with Crippen molar-refractivity contribution < 1.29 is 9.53 Å². The Morgan fingerprint density at radius 3 is 2.63 bits per heavy atom. The van der Waals surface area contributed by atoms with E-state index in [1.165, 1.54) is 11.1 Å². The van der Waals surface area contributed by atoms with E-state index in [9.17, 15) is 4.79 Å². The zero-order valence-corrected chi connectivity index (χ0v) is 16.5. The van der Waals surface area contributed by atoms with Crippen LogP contribution in [-0.4, -0.2) is 18.9 Å². The van der Waals surface area contributed by atoms with Gasteiger partial charge in [-0.15, -0.1) is 0 Å². The van der Waals surface area contributed by atoms with E-state index in [1.54, 1.807) is 6.08 Å². The van der Waals surface area contributed by atoms with Crippen LogP contribution in [0.4, 0.5) is 5.69 Å². The number of anilines is 1. The maximum absolute atomic E-state index is 12.1. The Bertz CT molecular complexity index is 788. The van der Waals surface area contributed by atoms with Gasteiger partial charge in [0.05, 0.1) is 6.61 Å². The summed E-state index contributed by atoms with van der Waals surface area (Å²) in [5.74, 6) is 0.989. The Kier molecular flexibility index (Phi) is 8.37. The lowest BCUT2D eigenvalue weighted by Crippen LogP contribution is -2.00. The minimum Gasteiger partial charge on any atom is -0.494 e. The van der Waals surface area contributed by atoms with Crippen molar-refractivity contribution in [2.75, 3.05) is 18.5 Å². The van der Waals surface area contributed by atoms with Gasteiger partial charge in [0.1, 0.15) is 5.75 Å². The third-order valence-corrected chi connectivity index (χ3v) is 4.11. The predicted molar refractivity (Wildman–Crippen MR) is 114 cm³/mol. The van der Waals surface area contributed by atoms with Crippen LogP contribution in [0.3, 0.4) is 0 Å². The van der Waals surface area contributed by atoms with Crippen LogP contribution in [0.15, 0.2) is 72.3 Å². The van der Waals surface area contributed by atoms with Crippen LogP contribution in [0, 0.1) is 6.92 Å². The number of ketones is 1. The Morgan fingerprint density at radius 1 is 1.15 bits per heavy atom. The number of carbonyl (C=O) groups excluding carboxylic acids is 1. The van der Waals surface area contributed by atoms with E-state index in [0.717, 1.165) is 23.4 Å². The molecule has 2 rings (SSSR count). The number of carbonyl (C=O) groups is 1. The maximum atomic E-state index is 12.1. The molecule has 0 aliphatic heterocycles. The molecule has 0 heterocycles. The Hall–Kier alpha value is -2.81. The lowest BCUT2D eigenvalue weighted by molar-refractivity contribution is -0.114. The molecule has 0 spiro atoms. The summed E-state index contributed by atoms with van der Waals surface area (Å²) in [6.45, 7) is 7.35. The van der Waals surface area contributed by atoms with E-state index in [1.807, 2.05) is 44.2 Å². The summed E-state index contributed by atoms with van der Waals surface area (Å²) >= 11 is 0. The molecule has 0 aromatic heterocycles. The number of nitrogens with one attached hydrogen (secondary N) is 1. The van der Waals surface area contributed by atoms with Gasteiger partial charge < -0.3 is 10.1 Å². The van der Waals surface area contributed by atoms with Crippen molar-refractivity contribution in [3.05, 3.63) is 83.5 Å². The molecule has 0 unspecified atom stereocenters. The molecule has 142 valence electrons. The third kappa shape index (κ3) is 7.95. The summed E-state index contributed by atoms with van der Waals surface area (Å²) in [7, 11) is 0. The molecule has 0 fully saturated rings. The van der Waals surface area contributed by atoms with Crippen molar-refractivity contribution in [1.82, 2.24) is 0 Å². The maximum Gasteiger partial charge on any atom is 0.159 e. The average molecular weight is 364 g/mol. The highest BCUT2D eigenvalue weighted by atomic mass is 16.5. The number of ether oxygens (including phenoxy) is 1. The van der Waals surface area contributed by atoms with Gasteiger partial charge in [-0.25, -0.2) is 0 Å². The van der Waals surface area contributed by atoms with Crippen LogP contribution in [-0.2, 0) is 11.2 Å². The van der Waals surface area contributed by atoms with E-state index < -0.39 is 0 Å². The first-order valence-corrected chi connectivity index (χ1v) is 9.44. The SMILES string of the molecule is CCOc1ccc(NC/C=C/C(=O)C/C(C)=C\Cc2cccc(C)c2)cc1. The van der Waals surface area contributed by atoms with Crippen molar-refractivity contribution in [2.45, 2.75) is 33.6 Å². The second-order valence-corrected chi connectivity index (χ2v) is 6.63. The van der Waals surface area contributed by atoms with Crippen LogP contribution in [0.2, 0.25) is 0 Å². The van der Waals surface area contributed by atoms with Gasteiger partial charge in [0.25, 0.3) is 0 Å². The molecule has 0 atom stereocenters. The highest BCUT2D eigenvalue weighted by Gasteiger charge is 1.99. The highest BCUT2D eigenvalue weighted by molar-refractivity contribution is 5.91. The van der Waals surface area contributed by atoms with E-state index in [4.69, 9.17) is 4.74 Å². The fourth-order valence-corrected chi connectivity index (χ4v) is 2.74. The largest absolute Gasteiger partial charge is 0.494 e. The summed E-state index contributed by atoms with van der Waals surface area (Å²) in [5, 5.41) is 3.27. The number of hydrogen-bond acceptors (Lipinski definition) is 3. The van der Waals surface area contributed by atoms with Crippen molar-refractivity contribution in [3.63, 3.8) is 0 Å². The smallest absolute Gasteiger partial charge is 0.159 e. The molecule has 0 saturated heterocycles. The number of allylic oxidation sites excluding steroid dienone is 3. The number of benzene rings is 2. The van der Waals surface area contributed by atoms with Gasteiger partial charge in [0.2, 0.25) is 0 Å². The van der Waals surface area contributed by atoms with Crippen molar-refractivity contribution >= 4 is 11.5 Å². The summed E-state index contributed by atoms with van der Waals surface area (Å²) in [6.07, 6.45) is 6.99. The summed E-state index contributed by atoms with van der Waals surface area (Å²) in [5.41, 5.74) is 4.64. The third-order valence-electron chi connectivity index (χ3n) is 4.11. The molecule has 1 N–H and O–H groups in total. The normalized spacial score (nSPS) is 11.6. The zero-order valence-electron chi connectivity index (χ0n) is 16.5. The van der Waals surface area contributed by atoms with E-state index in [2.05, 4.69) is 42.6 Å². The Labute approximate surface area is 162 Å². The van der Waals surface area contributed by atoms with Gasteiger partial charge in [-0.2, -0.15) is 0 Å². The van der Waals surface area contributed by atoms with Crippen molar-refractivity contribution in [2.24, 2.45) is 0 Å². The summed E-state index contributed by atoms with van der Waals surface area (Å²) in [6, 6.07) is 16.3. The molecule has 3 heteroatoms. The fourth-order valence-electron chi connectivity index (χ4n) is 2.74. The van der Waals surface area contributed by atoms with Crippen LogP contribution in [0.1, 0.15) is 31.4 Å². The van der Waals surface area contributed by atoms with E-state index in [0.29, 0.717) is 19.6 Å². The Morgan fingerprint density at radius 2 is 1.93 bits per heavy atom. The molecule has 0 saturated carbocycles. The van der Waals surface area contributed by atoms with Crippen molar-refractivity contribution in [3.8, 4) is 5.75 Å². The molecule has 0 bridgehead atoms. The zero-order chi connectivity index (χ0) is 19.5. The van der Waals surface area contributed by atoms with E-state index >= 15 is 0 Å². The Balaban J connectivity index is 1.73. The fraction of sp³-hybridized carbons (Fsp3) is 0.292. The molecule has 0 amide bonds. The first-order chi connectivity index (χ1) is 13.1. The minimum absolute atomic E-state index is 0.126. The highest BCUT2D eigenvalue weighted by Crippen LogP contribution is 2.15. The lowest BCUT2D eigenvalue weighted by atomic mass is 10.0. The van der Waals surface area contributed by atoms with Crippen LogP contribution in [0.25, 0.3) is 0 Å². The molecule has 0 aliphatic rings. The number of aryl methyl sites for hydroxylation is 1. The van der Waals surface area contributed by atoms with E-state index in [-0.39, 0.29) is 5.78 Å². The summed E-state index contributed by atoms with van der Waals surface area (Å²) < 4.78 is 5.42. The summed E-state index contributed by atoms with van der Waals surface area (Å²) in [4.78, 5) is 12.1. The van der Waals surface area contributed by atoms with Gasteiger partial charge in [-0.3, -0.25) is 4.79 Å². The van der Waals surface area contributed by atoms with Crippen LogP contribution >= 0.6 is 0 Å². The molecule has 3 nitrogen and oxygen atoms in total. The van der Waals surface area contributed by atoms with Gasteiger partial charge in [-0.1, -0.05) is 47.6 Å². The number of rotatable bonds is 10. The molecular formula is C24H29NO2. The second-order valence-electron chi connectivity index (χ2n) is 6.63. The molecule has 0 radical (unpaired) electrons. The molecule has 0 aliphatic carbocycles. The molecule has 27 heavy (non-hydrogen) atoms. The monoisotopic (exact) mass is 363 g/mol. The first-order valence-electron chi connectivity index (χ1n) is 9.44. The van der Waals surface area contributed by atoms with Crippen LogP contribution in [0.5, 0.6) is 5.75 Å². The predicted octanol–water partition coefficient (Wildman–Crippen LogP) is 5.51. The standard InChI is InChI=1S/C24H29NO2/c1-4-27-24-14-12-22(13-15-24)25-16-6-9-23(26)18-20(3)10-11-21-8-5-7-19(2)17-21/h5-10,12-15,17,25H,4,11,16,18H2,1-3H3/b9-6+,20-10-. The molecule has 2 aromatic rings. The molecule has 2 aromatic carbocycles. The van der Waals surface area contributed by atoms with Crippen LogP contribution < -0.4 is 10.1 Å². The lowest BCUT2D eigenvalue weighted by Gasteiger charge is -2.06. The quantitative estimate of drug-likeness (QED) is 0.447. The number of hydrogen-bond donors (Lipinski definition) is 1. The topological polar surface area (TPSA) is 38.3 Å². The first kappa shape index (κ1) is 20.5. The minimum atomic E-state index is 0.126. The van der Waals surface area contributed by atoms with Gasteiger partial charge >= 0.3 is 0 Å². The van der Waals surface area contributed by atoms with Crippen molar-refractivity contribution in [1.29, 1.82) is 0 Å². The average Bonchev–Trinajstić information content (AvgIpc) is 2.65. The van der Waals surface area contributed by atoms with Gasteiger partial charge in [0.15, 0.2) is 5.78 Å². The molecular weight excluding hydrogens is 334 g/mol. The van der Waals surface area contributed by atoms with Gasteiger partial charge in [-0.05, 0) is 63.1 Å². The second kappa shape index (κ2) is 11.0.